The smallest absolute Gasteiger partial charge is 0.252 e. The molecule has 0 fully saturated rings. The van der Waals surface area contributed by atoms with E-state index >= 15 is 0 Å². The molecule has 1 N–H and O–H groups in total. The summed E-state index contributed by atoms with van der Waals surface area (Å²) in [5.41, 5.74) is 2.09. The number of amides is 1. The molecular formula is C16H13N3O2. The van der Waals surface area contributed by atoms with Crippen molar-refractivity contribution in [2.75, 3.05) is 7.05 Å². The lowest BCUT2D eigenvalue weighted by molar-refractivity contribution is 0.0962. The molecule has 0 spiro atoms. The zero-order chi connectivity index (χ0) is 14.8. The van der Waals surface area contributed by atoms with Gasteiger partial charge in [-0.3, -0.25) is 9.59 Å². The van der Waals surface area contributed by atoms with Crippen LogP contribution in [0.5, 0.6) is 0 Å². The van der Waals surface area contributed by atoms with Crippen LogP contribution >= 0.6 is 0 Å². The number of benzene rings is 1. The third-order valence-electron chi connectivity index (χ3n) is 3.21. The Balaban J connectivity index is 2.01. The number of rotatable bonds is 3. The average molecular weight is 279 g/mol. The molecule has 104 valence electrons. The van der Waals surface area contributed by atoms with E-state index in [1.165, 1.54) is 0 Å². The van der Waals surface area contributed by atoms with Gasteiger partial charge in [0.25, 0.3) is 5.91 Å². The van der Waals surface area contributed by atoms with Crippen LogP contribution in [-0.2, 0) is 0 Å². The summed E-state index contributed by atoms with van der Waals surface area (Å²) in [6.07, 6.45) is 3.29. The molecule has 1 amide bonds. The molecule has 2 aromatic heterocycles. The molecule has 0 unspecified atom stereocenters. The van der Waals surface area contributed by atoms with E-state index in [-0.39, 0.29) is 11.7 Å². The minimum atomic E-state index is -0.179. The summed E-state index contributed by atoms with van der Waals surface area (Å²) >= 11 is 0. The number of hydrogen-bond acceptors (Lipinski definition) is 3. The van der Waals surface area contributed by atoms with Gasteiger partial charge < -0.3 is 9.72 Å². The van der Waals surface area contributed by atoms with Crippen molar-refractivity contribution in [2.24, 2.45) is 0 Å². The van der Waals surface area contributed by atoms with Gasteiger partial charge in [-0.15, -0.1) is 0 Å². The summed E-state index contributed by atoms with van der Waals surface area (Å²) in [6.45, 7) is 0. The SMILES string of the molecule is CNC(=O)c1ccc2nc(C(=O)c3ccccc3)cn2c1. The van der Waals surface area contributed by atoms with Crippen LogP contribution in [0.2, 0.25) is 0 Å². The Kier molecular flexibility index (Phi) is 3.23. The molecule has 0 aliphatic rings. The lowest BCUT2D eigenvalue weighted by Gasteiger charge is -1.99. The molecule has 5 nitrogen and oxygen atoms in total. The first-order chi connectivity index (χ1) is 10.2. The highest BCUT2D eigenvalue weighted by atomic mass is 16.1. The number of carbonyl (C=O) groups is 2. The fourth-order valence-electron chi connectivity index (χ4n) is 2.12. The Hall–Kier alpha value is -2.95. The maximum absolute atomic E-state index is 12.3. The fraction of sp³-hybridized carbons (Fsp3) is 0.0625. The van der Waals surface area contributed by atoms with E-state index in [4.69, 9.17) is 0 Å². The summed E-state index contributed by atoms with van der Waals surface area (Å²) in [5, 5.41) is 2.56. The van der Waals surface area contributed by atoms with Crippen molar-refractivity contribution in [1.29, 1.82) is 0 Å². The zero-order valence-electron chi connectivity index (χ0n) is 11.4. The van der Waals surface area contributed by atoms with Gasteiger partial charge >= 0.3 is 0 Å². The molecule has 0 aliphatic heterocycles. The molecule has 0 aliphatic carbocycles. The third kappa shape index (κ3) is 2.41. The summed E-state index contributed by atoms with van der Waals surface area (Å²) in [4.78, 5) is 28.2. The lowest BCUT2D eigenvalue weighted by Crippen LogP contribution is -2.18. The molecular weight excluding hydrogens is 266 g/mol. The first kappa shape index (κ1) is 13.1. The molecule has 0 radical (unpaired) electrons. The number of nitrogens with one attached hydrogen (secondary N) is 1. The number of fused-ring (bicyclic) bond motifs is 1. The Morgan fingerprint density at radius 1 is 1.00 bits per heavy atom. The van der Waals surface area contributed by atoms with Gasteiger partial charge in [0, 0.05) is 25.0 Å². The third-order valence-corrected chi connectivity index (χ3v) is 3.21. The van der Waals surface area contributed by atoms with Gasteiger partial charge in [-0.1, -0.05) is 30.3 Å². The predicted octanol–water partition coefficient (Wildman–Crippen LogP) is 1.92. The molecule has 21 heavy (non-hydrogen) atoms. The second-order valence-electron chi connectivity index (χ2n) is 4.58. The molecule has 0 saturated heterocycles. The Morgan fingerprint density at radius 2 is 1.76 bits per heavy atom. The highest BCUT2D eigenvalue weighted by Crippen LogP contribution is 2.12. The molecule has 0 atom stereocenters. The van der Waals surface area contributed by atoms with Gasteiger partial charge in [0.15, 0.2) is 0 Å². The van der Waals surface area contributed by atoms with Gasteiger partial charge in [0.1, 0.15) is 11.3 Å². The van der Waals surface area contributed by atoms with Gasteiger partial charge in [0.05, 0.1) is 5.56 Å². The normalized spacial score (nSPS) is 10.5. The number of pyridine rings is 1. The van der Waals surface area contributed by atoms with Crippen molar-refractivity contribution in [1.82, 2.24) is 14.7 Å². The standard InChI is InChI=1S/C16H13N3O2/c1-17-16(21)12-7-8-14-18-13(10-19(14)9-12)15(20)11-5-3-2-4-6-11/h2-10H,1H3,(H,17,21). The molecule has 2 heterocycles. The van der Waals surface area contributed by atoms with E-state index < -0.39 is 0 Å². The minimum absolute atomic E-state index is 0.138. The van der Waals surface area contributed by atoms with Crippen LogP contribution in [0.4, 0.5) is 0 Å². The van der Waals surface area contributed by atoms with Crippen molar-refractivity contribution >= 4 is 17.3 Å². The molecule has 1 aromatic carbocycles. The summed E-state index contributed by atoms with van der Waals surface area (Å²) < 4.78 is 1.68. The van der Waals surface area contributed by atoms with Crippen molar-refractivity contribution in [3.8, 4) is 0 Å². The number of ketones is 1. The monoisotopic (exact) mass is 279 g/mol. The van der Waals surface area contributed by atoms with Crippen molar-refractivity contribution < 1.29 is 9.59 Å². The quantitative estimate of drug-likeness (QED) is 0.745. The second kappa shape index (κ2) is 5.20. The number of imidazole rings is 1. The van der Waals surface area contributed by atoms with Crippen LogP contribution in [0.15, 0.2) is 54.9 Å². The van der Waals surface area contributed by atoms with Crippen molar-refractivity contribution in [3.63, 3.8) is 0 Å². The van der Waals surface area contributed by atoms with Gasteiger partial charge in [0.2, 0.25) is 5.78 Å². The lowest BCUT2D eigenvalue weighted by atomic mass is 10.1. The Morgan fingerprint density at radius 3 is 2.48 bits per heavy atom. The first-order valence-corrected chi connectivity index (χ1v) is 6.49. The zero-order valence-corrected chi connectivity index (χ0v) is 11.4. The van der Waals surface area contributed by atoms with Gasteiger partial charge in [-0.25, -0.2) is 4.98 Å². The van der Waals surface area contributed by atoms with E-state index in [0.29, 0.717) is 22.5 Å². The topological polar surface area (TPSA) is 63.5 Å². The molecule has 3 rings (SSSR count). The number of nitrogens with zero attached hydrogens (tertiary/aromatic N) is 2. The maximum atomic E-state index is 12.3. The summed E-state index contributed by atoms with van der Waals surface area (Å²) in [6, 6.07) is 12.4. The highest BCUT2D eigenvalue weighted by Gasteiger charge is 2.13. The van der Waals surface area contributed by atoms with Crippen LogP contribution in [0.25, 0.3) is 5.65 Å². The van der Waals surface area contributed by atoms with Gasteiger partial charge in [-0.05, 0) is 12.1 Å². The van der Waals surface area contributed by atoms with E-state index in [2.05, 4.69) is 10.3 Å². The number of hydrogen-bond donors (Lipinski definition) is 1. The van der Waals surface area contributed by atoms with E-state index in [1.54, 1.807) is 48.1 Å². The maximum Gasteiger partial charge on any atom is 0.252 e. The van der Waals surface area contributed by atoms with Gasteiger partial charge in [-0.2, -0.15) is 0 Å². The van der Waals surface area contributed by atoms with E-state index in [1.807, 2.05) is 18.2 Å². The van der Waals surface area contributed by atoms with Crippen molar-refractivity contribution in [2.45, 2.75) is 0 Å². The summed E-state index contributed by atoms with van der Waals surface area (Å²) in [7, 11) is 1.57. The van der Waals surface area contributed by atoms with Crippen LogP contribution in [0.1, 0.15) is 26.4 Å². The van der Waals surface area contributed by atoms with Crippen LogP contribution in [0.3, 0.4) is 0 Å². The van der Waals surface area contributed by atoms with E-state index in [0.717, 1.165) is 0 Å². The molecule has 3 aromatic rings. The second-order valence-corrected chi connectivity index (χ2v) is 4.58. The van der Waals surface area contributed by atoms with Crippen LogP contribution in [0, 0.1) is 0 Å². The van der Waals surface area contributed by atoms with Crippen molar-refractivity contribution in [3.05, 3.63) is 71.7 Å². The van der Waals surface area contributed by atoms with Crippen LogP contribution < -0.4 is 5.32 Å². The highest BCUT2D eigenvalue weighted by molar-refractivity contribution is 6.08. The number of aromatic nitrogens is 2. The molecule has 5 heteroatoms. The molecule has 0 saturated carbocycles. The summed E-state index contributed by atoms with van der Waals surface area (Å²) in [5.74, 6) is -0.317. The Labute approximate surface area is 121 Å². The number of carbonyl (C=O) groups excluding carboxylic acids is 2. The average Bonchev–Trinajstić information content (AvgIpc) is 2.97. The largest absolute Gasteiger partial charge is 0.355 e. The molecule has 0 bridgehead atoms. The minimum Gasteiger partial charge on any atom is -0.355 e. The van der Waals surface area contributed by atoms with Crippen LogP contribution in [-0.4, -0.2) is 28.1 Å². The predicted molar refractivity (Wildman–Crippen MR) is 78.5 cm³/mol. The van der Waals surface area contributed by atoms with E-state index in [9.17, 15) is 9.59 Å². The fourth-order valence-corrected chi connectivity index (χ4v) is 2.12. The Bertz CT molecular complexity index is 822. The first-order valence-electron chi connectivity index (χ1n) is 6.49.